The summed E-state index contributed by atoms with van der Waals surface area (Å²) in [5, 5.41) is 4.45. The summed E-state index contributed by atoms with van der Waals surface area (Å²) in [6.07, 6.45) is 4.00. The SMILES string of the molecule is CCCc1cc(C(=O)N2C[C@@H]3CC[C@H]2CN(C(C)=O)C3)n(C)n1. The van der Waals surface area contributed by atoms with Crippen molar-refractivity contribution in [3.05, 3.63) is 17.5 Å². The van der Waals surface area contributed by atoms with Crippen LogP contribution in [-0.2, 0) is 18.3 Å². The first kappa shape index (κ1) is 16.0. The van der Waals surface area contributed by atoms with E-state index in [1.807, 2.05) is 22.9 Å². The van der Waals surface area contributed by atoms with Gasteiger partial charge in [-0.2, -0.15) is 5.10 Å². The summed E-state index contributed by atoms with van der Waals surface area (Å²) in [5.74, 6) is 0.564. The molecule has 0 spiro atoms. The first-order chi connectivity index (χ1) is 11.0. The van der Waals surface area contributed by atoms with Gasteiger partial charge in [-0.05, 0) is 31.2 Å². The van der Waals surface area contributed by atoms with Gasteiger partial charge in [0.15, 0.2) is 0 Å². The van der Waals surface area contributed by atoms with Crippen LogP contribution in [0.3, 0.4) is 0 Å². The highest BCUT2D eigenvalue weighted by Gasteiger charge is 2.38. The third kappa shape index (κ3) is 3.12. The zero-order valence-corrected chi connectivity index (χ0v) is 14.3. The molecule has 2 atom stereocenters. The minimum atomic E-state index is 0.0578. The van der Waals surface area contributed by atoms with Crippen molar-refractivity contribution in [2.75, 3.05) is 19.6 Å². The normalized spacial score (nSPS) is 24.0. The fraction of sp³-hybridized carbons (Fsp3) is 0.706. The lowest BCUT2D eigenvalue weighted by Crippen LogP contribution is -2.48. The summed E-state index contributed by atoms with van der Waals surface area (Å²) >= 11 is 0. The molecule has 3 saturated heterocycles. The monoisotopic (exact) mass is 318 g/mol. The topological polar surface area (TPSA) is 58.4 Å². The molecular formula is C17H26N4O2. The van der Waals surface area contributed by atoms with Gasteiger partial charge in [0.05, 0.1) is 5.69 Å². The number of aromatic nitrogens is 2. The van der Waals surface area contributed by atoms with Crippen LogP contribution in [0.15, 0.2) is 6.07 Å². The second-order valence-electron chi connectivity index (χ2n) is 6.87. The number of hydrogen-bond donors (Lipinski definition) is 0. The molecular weight excluding hydrogens is 292 g/mol. The van der Waals surface area contributed by atoms with Gasteiger partial charge in [0, 0.05) is 39.6 Å². The molecule has 4 heterocycles. The average molecular weight is 318 g/mol. The predicted octanol–water partition coefficient (Wildman–Crippen LogP) is 1.46. The number of fused-ring (bicyclic) bond motifs is 4. The van der Waals surface area contributed by atoms with Crippen molar-refractivity contribution >= 4 is 11.8 Å². The van der Waals surface area contributed by atoms with Gasteiger partial charge in [-0.3, -0.25) is 14.3 Å². The first-order valence-corrected chi connectivity index (χ1v) is 8.59. The zero-order chi connectivity index (χ0) is 16.6. The van der Waals surface area contributed by atoms with Crippen LogP contribution >= 0.6 is 0 Å². The van der Waals surface area contributed by atoms with E-state index in [-0.39, 0.29) is 17.9 Å². The average Bonchev–Trinajstić information content (AvgIpc) is 2.70. The van der Waals surface area contributed by atoms with Crippen molar-refractivity contribution in [1.29, 1.82) is 0 Å². The van der Waals surface area contributed by atoms with Crippen LogP contribution in [0.2, 0.25) is 0 Å². The van der Waals surface area contributed by atoms with E-state index in [1.54, 1.807) is 11.6 Å². The number of amides is 2. The molecule has 3 aliphatic rings. The second-order valence-corrected chi connectivity index (χ2v) is 6.87. The highest BCUT2D eigenvalue weighted by atomic mass is 16.2. The van der Waals surface area contributed by atoms with Crippen LogP contribution in [0.4, 0.5) is 0 Å². The van der Waals surface area contributed by atoms with Gasteiger partial charge in [-0.25, -0.2) is 0 Å². The van der Waals surface area contributed by atoms with Crippen LogP contribution in [0.25, 0.3) is 0 Å². The summed E-state index contributed by atoms with van der Waals surface area (Å²) in [7, 11) is 1.84. The minimum absolute atomic E-state index is 0.0578. The van der Waals surface area contributed by atoms with Crippen molar-refractivity contribution in [1.82, 2.24) is 19.6 Å². The van der Waals surface area contributed by atoms with E-state index in [0.717, 1.165) is 44.5 Å². The van der Waals surface area contributed by atoms with Gasteiger partial charge < -0.3 is 9.80 Å². The lowest BCUT2D eigenvalue weighted by Gasteiger charge is -2.35. The van der Waals surface area contributed by atoms with Crippen LogP contribution in [0.5, 0.6) is 0 Å². The summed E-state index contributed by atoms with van der Waals surface area (Å²) in [6.45, 7) is 5.93. The molecule has 0 N–H and O–H groups in total. The third-order valence-corrected chi connectivity index (χ3v) is 5.08. The molecule has 3 fully saturated rings. The molecule has 1 aromatic rings. The van der Waals surface area contributed by atoms with Gasteiger partial charge in [-0.15, -0.1) is 0 Å². The van der Waals surface area contributed by atoms with Gasteiger partial charge in [0.1, 0.15) is 5.69 Å². The lowest BCUT2D eigenvalue weighted by atomic mass is 9.94. The largest absolute Gasteiger partial charge is 0.341 e. The quantitative estimate of drug-likeness (QED) is 0.848. The Morgan fingerprint density at radius 2 is 2.04 bits per heavy atom. The summed E-state index contributed by atoms with van der Waals surface area (Å²) in [4.78, 5) is 28.7. The van der Waals surface area contributed by atoms with E-state index >= 15 is 0 Å². The Hall–Kier alpha value is -1.85. The molecule has 23 heavy (non-hydrogen) atoms. The molecule has 6 heteroatoms. The van der Waals surface area contributed by atoms with Gasteiger partial charge in [0.2, 0.25) is 5.91 Å². The van der Waals surface area contributed by atoms with Crippen LogP contribution in [-0.4, -0.2) is 57.1 Å². The second kappa shape index (κ2) is 6.34. The Morgan fingerprint density at radius 3 is 2.74 bits per heavy atom. The fourth-order valence-corrected chi connectivity index (χ4v) is 3.84. The molecule has 4 rings (SSSR count). The van der Waals surface area contributed by atoms with Gasteiger partial charge in [0.25, 0.3) is 5.91 Å². The number of piperidine rings is 1. The molecule has 3 aliphatic heterocycles. The maximum Gasteiger partial charge on any atom is 0.272 e. The third-order valence-electron chi connectivity index (χ3n) is 5.08. The highest BCUT2D eigenvalue weighted by Crippen LogP contribution is 2.29. The van der Waals surface area contributed by atoms with Crippen molar-refractivity contribution in [2.24, 2.45) is 13.0 Å². The van der Waals surface area contributed by atoms with E-state index < -0.39 is 0 Å². The molecule has 1 aromatic heterocycles. The fourth-order valence-electron chi connectivity index (χ4n) is 3.84. The highest BCUT2D eigenvalue weighted by molar-refractivity contribution is 5.93. The summed E-state index contributed by atoms with van der Waals surface area (Å²) in [6, 6.07) is 2.06. The van der Waals surface area contributed by atoms with E-state index in [0.29, 0.717) is 18.2 Å². The van der Waals surface area contributed by atoms with E-state index in [4.69, 9.17) is 0 Å². The zero-order valence-electron chi connectivity index (χ0n) is 14.3. The minimum Gasteiger partial charge on any atom is -0.341 e. The van der Waals surface area contributed by atoms with E-state index in [9.17, 15) is 9.59 Å². The van der Waals surface area contributed by atoms with Crippen LogP contribution in [0.1, 0.15) is 49.3 Å². The number of carbonyl (C=O) groups is 2. The summed E-state index contributed by atoms with van der Waals surface area (Å²) < 4.78 is 1.70. The Labute approximate surface area is 137 Å². The Morgan fingerprint density at radius 1 is 1.26 bits per heavy atom. The number of nitrogens with zero attached hydrogens (tertiary/aromatic N) is 4. The summed E-state index contributed by atoms with van der Waals surface area (Å²) in [5.41, 5.74) is 1.64. The first-order valence-electron chi connectivity index (χ1n) is 8.59. The number of carbonyl (C=O) groups excluding carboxylic acids is 2. The molecule has 2 bridgehead atoms. The van der Waals surface area contributed by atoms with Gasteiger partial charge >= 0.3 is 0 Å². The van der Waals surface area contributed by atoms with Crippen LogP contribution in [0, 0.1) is 5.92 Å². The molecule has 0 radical (unpaired) electrons. The molecule has 6 nitrogen and oxygen atoms in total. The van der Waals surface area contributed by atoms with Crippen molar-refractivity contribution < 1.29 is 9.59 Å². The Balaban J connectivity index is 1.81. The van der Waals surface area contributed by atoms with E-state index in [1.165, 1.54) is 0 Å². The lowest BCUT2D eigenvalue weighted by molar-refractivity contribution is -0.129. The Kier molecular flexibility index (Phi) is 4.41. The molecule has 0 unspecified atom stereocenters. The smallest absolute Gasteiger partial charge is 0.272 e. The number of hydrogen-bond acceptors (Lipinski definition) is 3. The predicted molar refractivity (Wildman–Crippen MR) is 87.0 cm³/mol. The van der Waals surface area contributed by atoms with Crippen LogP contribution < -0.4 is 0 Å². The molecule has 126 valence electrons. The van der Waals surface area contributed by atoms with Crippen molar-refractivity contribution in [2.45, 2.75) is 45.6 Å². The molecule has 0 saturated carbocycles. The van der Waals surface area contributed by atoms with Crippen molar-refractivity contribution in [3.63, 3.8) is 0 Å². The molecule has 0 aliphatic carbocycles. The molecule has 0 aromatic carbocycles. The van der Waals surface area contributed by atoms with E-state index in [2.05, 4.69) is 12.0 Å². The number of rotatable bonds is 3. The van der Waals surface area contributed by atoms with Crippen molar-refractivity contribution in [3.8, 4) is 0 Å². The Bertz CT molecular complexity index is 610. The maximum absolute atomic E-state index is 13.0. The number of aryl methyl sites for hydroxylation is 2. The molecule has 2 amide bonds. The van der Waals surface area contributed by atoms with Gasteiger partial charge in [-0.1, -0.05) is 13.3 Å². The maximum atomic E-state index is 13.0. The standard InChI is InChI=1S/C17H26N4O2/c1-4-5-14-8-16(19(3)18-14)17(23)21-10-13-6-7-15(21)11-20(9-13)12(2)22/h8,13,15H,4-7,9-11H2,1-3H3/t13-,15+/m1/s1.